The lowest BCUT2D eigenvalue weighted by Gasteiger charge is -2.26. The van der Waals surface area contributed by atoms with E-state index in [4.69, 9.17) is 0 Å². The molecule has 0 saturated heterocycles. The van der Waals surface area contributed by atoms with Crippen molar-refractivity contribution in [2.75, 3.05) is 0 Å². The standard InChI is InChI=1S/C25H30N2/c1-24(2,3)22-14-18-12-11-17(13-20(18)26-22)16-25(4,5)23-15-19-9-7-8-10-21(19)27(23)6/h7-15,26H,16H2,1-6H3. The molecule has 2 nitrogen and oxygen atoms in total. The van der Waals surface area contributed by atoms with Crippen molar-refractivity contribution in [3.8, 4) is 0 Å². The number of rotatable bonds is 3. The Kier molecular flexibility index (Phi) is 3.99. The maximum absolute atomic E-state index is 3.63. The first-order valence-electron chi connectivity index (χ1n) is 9.82. The number of aromatic nitrogens is 2. The van der Waals surface area contributed by atoms with Crippen LogP contribution in [0.1, 0.15) is 51.6 Å². The lowest BCUT2D eigenvalue weighted by atomic mass is 9.82. The van der Waals surface area contributed by atoms with Crippen LogP contribution in [0.15, 0.2) is 54.6 Å². The van der Waals surface area contributed by atoms with E-state index in [1.807, 2.05) is 0 Å². The smallest absolute Gasteiger partial charge is 0.0480 e. The van der Waals surface area contributed by atoms with Gasteiger partial charge in [-0.2, -0.15) is 0 Å². The highest BCUT2D eigenvalue weighted by Crippen LogP contribution is 2.33. The molecule has 0 spiro atoms. The van der Waals surface area contributed by atoms with Crippen molar-refractivity contribution >= 4 is 21.8 Å². The molecule has 4 rings (SSSR count). The maximum atomic E-state index is 3.63. The molecule has 0 bridgehead atoms. The first-order chi connectivity index (χ1) is 12.6. The van der Waals surface area contributed by atoms with E-state index in [1.165, 1.54) is 38.8 Å². The molecule has 0 unspecified atom stereocenters. The van der Waals surface area contributed by atoms with Gasteiger partial charge in [0.05, 0.1) is 0 Å². The summed E-state index contributed by atoms with van der Waals surface area (Å²) < 4.78 is 2.35. The summed E-state index contributed by atoms with van der Waals surface area (Å²) in [5.41, 5.74) is 6.79. The van der Waals surface area contributed by atoms with E-state index in [1.54, 1.807) is 0 Å². The minimum atomic E-state index is 0.0564. The van der Waals surface area contributed by atoms with Crippen LogP contribution in [0, 0.1) is 0 Å². The van der Waals surface area contributed by atoms with Crippen LogP contribution in [0.3, 0.4) is 0 Å². The van der Waals surface area contributed by atoms with Gasteiger partial charge in [0.25, 0.3) is 0 Å². The van der Waals surface area contributed by atoms with Gasteiger partial charge in [0, 0.05) is 40.3 Å². The van der Waals surface area contributed by atoms with Crippen LogP contribution in [0.25, 0.3) is 21.8 Å². The molecule has 2 heterocycles. The molecule has 4 aromatic rings. The first-order valence-corrected chi connectivity index (χ1v) is 9.82. The van der Waals surface area contributed by atoms with Crippen molar-refractivity contribution in [3.05, 3.63) is 71.5 Å². The van der Waals surface area contributed by atoms with Gasteiger partial charge in [-0.25, -0.2) is 0 Å². The largest absolute Gasteiger partial charge is 0.358 e. The van der Waals surface area contributed by atoms with Gasteiger partial charge in [-0.15, -0.1) is 0 Å². The number of H-pyrrole nitrogens is 1. The molecule has 2 aromatic heterocycles. The predicted octanol–water partition coefficient (Wildman–Crippen LogP) is 6.48. The highest BCUT2D eigenvalue weighted by Gasteiger charge is 2.25. The van der Waals surface area contributed by atoms with E-state index < -0.39 is 0 Å². The average Bonchev–Trinajstić information content (AvgIpc) is 3.16. The van der Waals surface area contributed by atoms with Crippen LogP contribution in [0.2, 0.25) is 0 Å². The van der Waals surface area contributed by atoms with Crippen molar-refractivity contribution in [2.45, 2.75) is 51.9 Å². The lowest BCUT2D eigenvalue weighted by Crippen LogP contribution is -2.23. The zero-order chi connectivity index (χ0) is 19.4. The van der Waals surface area contributed by atoms with Gasteiger partial charge >= 0.3 is 0 Å². The van der Waals surface area contributed by atoms with Crippen LogP contribution >= 0.6 is 0 Å². The highest BCUT2D eigenvalue weighted by molar-refractivity contribution is 5.82. The molecule has 1 N–H and O–H groups in total. The summed E-state index contributed by atoms with van der Waals surface area (Å²) in [5.74, 6) is 0. The third-order valence-electron chi connectivity index (χ3n) is 5.79. The van der Waals surface area contributed by atoms with E-state index in [9.17, 15) is 0 Å². The molecule has 27 heavy (non-hydrogen) atoms. The summed E-state index contributed by atoms with van der Waals surface area (Å²) in [4.78, 5) is 3.63. The molecule has 140 valence electrons. The van der Waals surface area contributed by atoms with E-state index in [0.29, 0.717) is 0 Å². The monoisotopic (exact) mass is 358 g/mol. The Morgan fingerprint density at radius 3 is 2.30 bits per heavy atom. The van der Waals surface area contributed by atoms with Crippen molar-refractivity contribution in [2.24, 2.45) is 7.05 Å². The van der Waals surface area contributed by atoms with Gasteiger partial charge < -0.3 is 9.55 Å². The normalized spacial score (nSPS) is 13.0. The Balaban J connectivity index is 1.70. The summed E-state index contributed by atoms with van der Waals surface area (Å²) in [6, 6.07) is 20.1. The number of benzene rings is 2. The fraction of sp³-hybridized carbons (Fsp3) is 0.360. The summed E-state index contributed by atoms with van der Waals surface area (Å²) >= 11 is 0. The number of nitrogens with zero attached hydrogens (tertiary/aromatic N) is 1. The molecule has 2 aromatic carbocycles. The fourth-order valence-electron chi connectivity index (χ4n) is 4.23. The van der Waals surface area contributed by atoms with Gasteiger partial charge in [-0.3, -0.25) is 0 Å². The Labute approximate surface area is 162 Å². The molecule has 2 heteroatoms. The fourth-order valence-corrected chi connectivity index (χ4v) is 4.23. The molecule has 0 fully saturated rings. The van der Waals surface area contributed by atoms with E-state index >= 15 is 0 Å². The molecule has 0 atom stereocenters. The molecular formula is C25H30N2. The second-order valence-electron chi connectivity index (χ2n) is 9.56. The number of para-hydroxylation sites is 1. The van der Waals surface area contributed by atoms with Gasteiger partial charge in [0.1, 0.15) is 0 Å². The molecule has 0 aliphatic carbocycles. The van der Waals surface area contributed by atoms with Crippen molar-refractivity contribution in [1.82, 2.24) is 9.55 Å². The van der Waals surface area contributed by atoms with E-state index in [2.05, 4.69) is 106 Å². The van der Waals surface area contributed by atoms with E-state index in [0.717, 1.165) is 6.42 Å². The third-order valence-corrected chi connectivity index (χ3v) is 5.79. The third kappa shape index (κ3) is 3.18. The zero-order valence-electron chi connectivity index (χ0n) is 17.4. The lowest BCUT2D eigenvalue weighted by molar-refractivity contribution is 0.490. The number of hydrogen-bond donors (Lipinski definition) is 1. The SMILES string of the molecule is Cn1c(C(C)(C)Cc2ccc3cc(C(C)(C)C)[nH]c3c2)cc2ccccc21. The maximum Gasteiger partial charge on any atom is 0.0480 e. The van der Waals surface area contributed by atoms with Gasteiger partial charge in [-0.05, 0) is 47.0 Å². The Morgan fingerprint density at radius 1 is 0.852 bits per heavy atom. The molecule has 0 aliphatic rings. The number of nitrogens with one attached hydrogen (secondary N) is 1. The first kappa shape index (κ1) is 17.9. The van der Waals surface area contributed by atoms with Crippen LogP contribution in [0.4, 0.5) is 0 Å². The second-order valence-corrected chi connectivity index (χ2v) is 9.56. The summed E-state index contributed by atoms with van der Waals surface area (Å²) in [6.45, 7) is 11.5. The van der Waals surface area contributed by atoms with E-state index in [-0.39, 0.29) is 10.8 Å². The second kappa shape index (κ2) is 6.02. The van der Waals surface area contributed by atoms with Gasteiger partial charge in [0.15, 0.2) is 0 Å². The van der Waals surface area contributed by atoms with Crippen molar-refractivity contribution in [3.63, 3.8) is 0 Å². The molecule has 0 radical (unpaired) electrons. The minimum absolute atomic E-state index is 0.0564. The topological polar surface area (TPSA) is 20.7 Å². The van der Waals surface area contributed by atoms with Crippen LogP contribution in [0.5, 0.6) is 0 Å². The highest BCUT2D eigenvalue weighted by atomic mass is 15.0. The average molecular weight is 359 g/mol. The molecular weight excluding hydrogens is 328 g/mol. The van der Waals surface area contributed by atoms with Crippen LogP contribution < -0.4 is 0 Å². The van der Waals surface area contributed by atoms with Crippen LogP contribution in [-0.4, -0.2) is 9.55 Å². The Bertz CT molecular complexity index is 1120. The summed E-state index contributed by atoms with van der Waals surface area (Å²) in [6.07, 6.45) is 1.01. The number of fused-ring (bicyclic) bond motifs is 2. The Morgan fingerprint density at radius 2 is 1.59 bits per heavy atom. The van der Waals surface area contributed by atoms with Gasteiger partial charge in [0.2, 0.25) is 0 Å². The zero-order valence-corrected chi connectivity index (χ0v) is 17.4. The van der Waals surface area contributed by atoms with Crippen molar-refractivity contribution in [1.29, 1.82) is 0 Å². The minimum Gasteiger partial charge on any atom is -0.358 e. The van der Waals surface area contributed by atoms with Crippen molar-refractivity contribution < 1.29 is 0 Å². The molecule has 0 aliphatic heterocycles. The quantitative estimate of drug-likeness (QED) is 0.433. The van der Waals surface area contributed by atoms with Gasteiger partial charge in [-0.1, -0.05) is 65.0 Å². The van der Waals surface area contributed by atoms with Crippen LogP contribution in [-0.2, 0) is 24.3 Å². The summed E-state index contributed by atoms with van der Waals surface area (Å²) in [7, 11) is 2.18. The number of aryl methyl sites for hydroxylation is 1. The molecule has 0 amide bonds. The Hall–Kier alpha value is -2.48. The summed E-state index contributed by atoms with van der Waals surface area (Å²) in [5, 5.41) is 2.61. The number of hydrogen-bond acceptors (Lipinski definition) is 0. The predicted molar refractivity (Wildman–Crippen MR) is 117 cm³/mol. The number of aromatic amines is 1. The molecule has 0 saturated carbocycles.